The molecule has 0 aliphatic carbocycles. The quantitative estimate of drug-likeness (QED) is 0.424. The van der Waals surface area contributed by atoms with Gasteiger partial charge in [0.05, 0.1) is 0 Å². The zero-order valence-electron chi connectivity index (χ0n) is 15.1. The maximum atomic E-state index is 11.7. The maximum Gasteiger partial charge on any atom is 0.219 e. The van der Waals surface area contributed by atoms with E-state index in [0.717, 1.165) is 19.4 Å². The molecule has 0 rings (SSSR count). The van der Waals surface area contributed by atoms with Crippen molar-refractivity contribution in [2.45, 2.75) is 105 Å². The van der Waals surface area contributed by atoms with Crippen LogP contribution in [0.3, 0.4) is 0 Å². The van der Waals surface area contributed by atoms with Gasteiger partial charge in [0.1, 0.15) is 0 Å². The van der Waals surface area contributed by atoms with Crippen LogP contribution in [0.1, 0.15) is 105 Å². The van der Waals surface area contributed by atoms with Crippen molar-refractivity contribution in [3.8, 4) is 0 Å². The molecule has 0 aromatic rings. The molecule has 0 aliphatic heterocycles. The van der Waals surface area contributed by atoms with Crippen molar-refractivity contribution in [1.29, 1.82) is 0 Å². The van der Waals surface area contributed by atoms with E-state index in [0.29, 0.717) is 11.8 Å². The molecule has 21 heavy (non-hydrogen) atoms. The molecule has 0 unspecified atom stereocenters. The van der Waals surface area contributed by atoms with Crippen LogP contribution in [0.5, 0.6) is 0 Å². The Morgan fingerprint density at radius 1 is 0.810 bits per heavy atom. The van der Waals surface area contributed by atoms with Crippen molar-refractivity contribution in [3.63, 3.8) is 0 Å². The summed E-state index contributed by atoms with van der Waals surface area (Å²) in [6.45, 7) is 9.84. The van der Waals surface area contributed by atoms with E-state index >= 15 is 0 Å². The molecule has 126 valence electrons. The summed E-state index contributed by atoms with van der Waals surface area (Å²) in [4.78, 5) is 11.7. The average molecular weight is 298 g/mol. The van der Waals surface area contributed by atoms with Crippen LogP contribution < -0.4 is 5.32 Å². The van der Waals surface area contributed by atoms with Crippen LogP contribution in [0.15, 0.2) is 0 Å². The topological polar surface area (TPSA) is 29.1 Å². The zero-order chi connectivity index (χ0) is 16.0. The lowest BCUT2D eigenvalue weighted by molar-refractivity contribution is -0.121. The van der Waals surface area contributed by atoms with Gasteiger partial charge in [-0.05, 0) is 24.7 Å². The first-order valence-corrected chi connectivity index (χ1v) is 9.22. The minimum absolute atomic E-state index is 0.242. The average Bonchev–Trinajstić information content (AvgIpc) is 2.41. The van der Waals surface area contributed by atoms with Crippen LogP contribution >= 0.6 is 0 Å². The summed E-state index contributed by atoms with van der Waals surface area (Å²) in [5.74, 6) is 0.242. The number of unbranched alkanes of at least 4 members (excludes halogenated alkanes) is 8. The minimum Gasteiger partial charge on any atom is -0.356 e. The Labute approximate surface area is 133 Å². The smallest absolute Gasteiger partial charge is 0.219 e. The zero-order valence-corrected chi connectivity index (χ0v) is 15.1. The van der Waals surface area contributed by atoms with Gasteiger partial charge >= 0.3 is 0 Å². The number of amides is 1. The molecule has 0 aromatic carbocycles. The van der Waals surface area contributed by atoms with Gasteiger partial charge in [0.15, 0.2) is 0 Å². The van der Waals surface area contributed by atoms with Gasteiger partial charge in [-0.15, -0.1) is 0 Å². The summed E-state index contributed by atoms with van der Waals surface area (Å²) in [6.07, 6.45) is 14.8. The molecule has 0 fully saturated rings. The van der Waals surface area contributed by atoms with Crippen LogP contribution in [0.25, 0.3) is 0 Å². The largest absolute Gasteiger partial charge is 0.356 e. The van der Waals surface area contributed by atoms with Gasteiger partial charge in [-0.3, -0.25) is 4.79 Å². The maximum absolute atomic E-state index is 11.7. The molecule has 0 radical (unpaired) electrons. The van der Waals surface area contributed by atoms with Gasteiger partial charge in [-0.2, -0.15) is 0 Å². The monoisotopic (exact) mass is 297 g/mol. The Kier molecular flexibility index (Phi) is 12.8. The highest BCUT2D eigenvalue weighted by molar-refractivity contribution is 5.75. The van der Waals surface area contributed by atoms with Gasteiger partial charge in [0.2, 0.25) is 5.91 Å². The molecule has 0 heterocycles. The molecule has 1 N–H and O–H groups in total. The molecule has 0 saturated heterocycles. The molecule has 2 nitrogen and oxygen atoms in total. The van der Waals surface area contributed by atoms with Crippen LogP contribution in [0.4, 0.5) is 0 Å². The van der Waals surface area contributed by atoms with E-state index in [1.165, 1.54) is 57.8 Å². The lowest BCUT2D eigenvalue weighted by atomic mass is 9.91. The van der Waals surface area contributed by atoms with Gasteiger partial charge in [-0.25, -0.2) is 0 Å². The number of carbonyl (C=O) groups excluding carboxylic acids is 1. The van der Waals surface area contributed by atoms with Crippen molar-refractivity contribution in [1.82, 2.24) is 5.32 Å². The second-order valence-electron chi connectivity index (χ2n) is 7.59. The van der Waals surface area contributed by atoms with Gasteiger partial charge in [0.25, 0.3) is 0 Å². The van der Waals surface area contributed by atoms with Crippen molar-refractivity contribution in [2.75, 3.05) is 6.54 Å². The third kappa shape index (κ3) is 17.4. The Bertz CT molecular complexity index is 242. The van der Waals surface area contributed by atoms with E-state index < -0.39 is 0 Å². The Morgan fingerprint density at radius 2 is 1.33 bits per heavy atom. The van der Waals surface area contributed by atoms with Crippen molar-refractivity contribution in [2.24, 2.45) is 5.41 Å². The SMILES string of the molecule is CCCCCCCCCCCC(=O)NCCCC(C)(C)C. The van der Waals surface area contributed by atoms with E-state index in [2.05, 4.69) is 33.0 Å². The van der Waals surface area contributed by atoms with E-state index in [1.54, 1.807) is 0 Å². The van der Waals surface area contributed by atoms with Crippen LogP contribution in [-0.2, 0) is 4.79 Å². The van der Waals surface area contributed by atoms with E-state index in [1.807, 2.05) is 0 Å². The number of nitrogens with one attached hydrogen (secondary N) is 1. The molecular formula is C19H39NO. The molecule has 0 aromatic heterocycles. The first kappa shape index (κ1) is 20.5. The van der Waals surface area contributed by atoms with E-state index in [9.17, 15) is 4.79 Å². The third-order valence-corrected chi connectivity index (χ3v) is 3.93. The molecule has 0 atom stereocenters. The van der Waals surface area contributed by atoms with Crippen molar-refractivity contribution >= 4 is 5.91 Å². The number of rotatable bonds is 13. The lowest BCUT2D eigenvalue weighted by Crippen LogP contribution is -2.24. The summed E-state index contributed by atoms with van der Waals surface area (Å²) in [6, 6.07) is 0. The standard InChI is InChI=1S/C19H39NO/c1-5-6-7-8-9-10-11-12-13-15-18(21)20-17-14-16-19(2,3)4/h5-17H2,1-4H3,(H,20,21). The molecule has 0 saturated carbocycles. The van der Waals surface area contributed by atoms with Gasteiger partial charge in [0, 0.05) is 13.0 Å². The van der Waals surface area contributed by atoms with Crippen molar-refractivity contribution < 1.29 is 4.79 Å². The fraction of sp³-hybridized carbons (Fsp3) is 0.947. The minimum atomic E-state index is 0.242. The van der Waals surface area contributed by atoms with Gasteiger partial charge in [-0.1, -0.05) is 79.1 Å². The van der Waals surface area contributed by atoms with Crippen LogP contribution in [0, 0.1) is 5.41 Å². The molecule has 2 heteroatoms. The van der Waals surface area contributed by atoms with E-state index in [-0.39, 0.29) is 5.91 Å². The first-order chi connectivity index (χ1) is 9.95. The highest BCUT2D eigenvalue weighted by Gasteiger charge is 2.09. The van der Waals surface area contributed by atoms with E-state index in [4.69, 9.17) is 0 Å². The first-order valence-electron chi connectivity index (χ1n) is 9.22. The molecule has 0 spiro atoms. The highest BCUT2D eigenvalue weighted by atomic mass is 16.1. The summed E-state index contributed by atoms with van der Waals surface area (Å²) < 4.78 is 0. The summed E-state index contributed by atoms with van der Waals surface area (Å²) in [7, 11) is 0. The summed E-state index contributed by atoms with van der Waals surface area (Å²) in [5, 5.41) is 3.04. The van der Waals surface area contributed by atoms with Crippen LogP contribution in [-0.4, -0.2) is 12.5 Å². The second kappa shape index (κ2) is 13.2. The molecular weight excluding hydrogens is 258 g/mol. The predicted octanol–water partition coefficient (Wildman–Crippen LogP) is 5.85. The third-order valence-electron chi connectivity index (χ3n) is 3.93. The Hall–Kier alpha value is -0.530. The predicted molar refractivity (Wildman–Crippen MR) is 93.5 cm³/mol. The number of hydrogen-bond acceptors (Lipinski definition) is 1. The summed E-state index contributed by atoms with van der Waals surface area (Å²) in [5.41, 5.74) is 0.377. The Balaban J connectivity index is 3.23. The molecule has 0 bridgehead atoms. The Morgan fingerprint density at radius 3 is 1.86 bits per heavy atom. The molecule has 1 amide bonds. The number of carbonyl (C=O) groups is 1. The van der Waals surface area contributed by atoms with Crippen molar-refractivity contribution in [3.05, 3.63) is 0 Å². The number of hydrogen-bond donors (Lipinski definition) is 1. The normalized spacial score (nSPS) is 11.6. The summed E-state index contributed by atoms with van der Waals surface area (Å²) >= 11 is 0. The fourth-order valence-electron chi connectivity index (χ4n) is 2.53. The highest BCUT2D eigenvalue weighted by Crippen LogP contribution is 2.19. The van der Waals surface area contributed by atoms with Gasteiger partial charge < -0.3 is 5.32 Å². The molecule has 0 aliphatic rings. The van der Waals surface area contributed by atoms with Crippen LogP contribution in [0.2, 0.25) is 0 Å². The second-order valence-corrected chi connectivity index (χ2v) is 7.59. The fourth-order valence-corrected chi connectivity index (χ4v) is 2.53. The lowest BCUT2D eigenvalue weighted by Gasteiger charge is -2.17.